The molecule has 0 saturated heterocycles. The number of amides is 3. The average Bonchev–Trinajstić information content (AvgIpc) is 2.97. The summed E-state index contributed by atoms with van der Waals surface area (Å²) in [6.07, 6.45) is 4.20. The summed E-state index contributed by atoms with van der Waals surface area (Å²) in [7, 11) is 0. The minimum atomic E-state index is -1.08. The van der Waals surface area contributed by atoms with Crippen LogP contribution in [0.4, 0.5) is 10.5 Å². The number of benzene rings is 3. The van der Waals surface area contributed by atoms with E-state index in [2.05, 4.69) is 17.6 Å². The maximum Gasteiger partial charge on any atom is 0.408 e. The van der Waals surface area contributed by atoms with Crippen LogP contribution in [0.3, 0.4) is 0 Å². The first-order chi connectivity index (χ1) is 21.4. The van der Waals surface area contributed by atoms with Crippen molar-refractivity contribution in [2.45, 2.75) is 97.8 Å². The van der Waals surface area contributed by atoms with Crippen molar-refractivity contribution in [3.63, 3.8) is 0 Å². The summed E-state index contributed by atoms with van der Waals surface area (Å²) in [5, 5.41) is 16.3. The third kappa shape index (κ3) is 11.0. The molecule has 3 amide bonds. The molecule has 3 N–H and O–H groups in total. The lowest BCUT2D eigenvalue weighted by molar-refractivity contribution is -0.140. The van der Waals surface area contributed by atoms with Gasteiger partial charge in [0.15, 0.2) is 0 Å². The maximum absolute atomic E-state index is 14.7. The van der Waals surface area contributed by atoms with Crippen LogP contribution in [-0.2, 0) is 20.7 Å². The molecular weight excluding hydrogens is 566 g/mol. The second-order valence-electron chi connectivity index (χ2n) is 12.6. The van der Waals surface area contributed by atoms with Gasteiger partial charge in [0.2, 0.25) is 5.91 Å². The van der Waals surface area contributed by atoms with Crippen molar-refractivity contribution >= 4 is 23.6 Å². The van der Waals surface area contributed by atoms with Gasteiger partial charge in [-0.3, -0.25) is 9.59 Å². The highest BCUT2D eigenvalue weighted by Gasteiger charge is 2.36. The number of anilines is 1. The predicted molar refractivity (Wildman–Crippen MR) is 179 cm³/mol. The number of phenols is 1. The van der Waals surface area contributed by atoms with Crippen molar-refractivity contribution in [2.24, 2.45) is 0 Å². The second-order valence-corrected chi connectivity index (χ2v) is 12.6. The van der Waals surface area contributed by atoms with Gasteiger partial charge < -0.3 is 25.4 Å². The van der Waals surface area contributed by atoms with Crippen molar-refractivity contribution in [2.75, 3.05) is 11.9 Å². The number of para-hydroxylation sites is 1. The van der Waals surface area contributed by atoms with Gasteiger partial charge in [-0.1, -0.05) is 93.3 Å². The fourth-order valence-corrected chi connectivity index (χ4v) is 5.32. The smallest absolute Gasteiger partial charge is 0.408 e. The number of hydrogen-bond donors (Lipinski definition) is 3. The number of phenolic OH excluding ortho intramolecular Hbond substituents is 1. The lowest BCUT2D eigenvalue weighted by Crippen LogP contribution is -2.53. The molecule has 3 aromatic carbocycles. The number of unbranched alkanes of at least 4 members (excludes halogenated alkanes) is 4. The first kappa shape index (κ1) is 35.2. The molecule has 0 aliphatic rings. The van der Waals surface area contributed by atoms with Crippen LogP contribution in [0.1, 0.15) is 88.1 Å². The second kappa shape index (κ2) is 16.7. The third-order valence-electron chi connectivity index (χ3n) is 7.53. The Morgan fingerprint density at radius 3 is 2.13 bits per heavy atom. The lowest BCUT2D eigenvalue weighted by atomic mass is 9.99. The molecule has 0 bridgehead atoms. The number of ether oxygens (including phenoxy) is 1. The highest BCUT2D eigenvalue weighted by molar-refractivity contribution is 6.00. The molecular formula is C37H49N3O5. The molecule has 0 saturated carbocycles. The highest BCUT2D eigenvalue weighted by atomic mass is 16.6. The summed E-state index contributed by atoms with van der Waals surface area (Å²) in [5.74, 6) is -0.832. The van der Waals surface area contributed by atoms with Crippen molar-refractivity contribution < 1.29 is 24.2 Å². The fraction of sp³-hybridized carbons (Fsp3) is 0.432. The summed E-state index contributed by atoms with van der Waals surface area (Å²) in [5.41, 5.74) is 3.02. The topological polar surface area (TPSA) is 108 Å². The van der Waals surface area contributed by atoms with E-state index in [0.717, 1.165) is 42.4 Å². The number of rotatable bonds is 14. The van der Waals surface area contributed by atoms with Crippen LogP contribution in [0.2, 0.25) is 0 Å². The number of nitrogens with one attached hydrogen (secondary N) is 2. The Bertz CT molecular complexity index is 1400. The summed E-state index contributed by atoms with van der Waals surface area (Å²) in [6.45, 7) is 11.6. The molecule has 0 aliphatic carbocycles. The number of carbonyl (C=O) groups excluding carboxylic acids is 3. The van der Waals surface area contributed by atoms with Gasteiger partial charge in [0.1, 0.15) is 23.4 Å². The van der Waals surface area contributed by atoms with E-state index in [0.29, 0.717) is 17.7 Å². The summed E-state index contributed by atoms with van der Waals surface area (Å²) < 4.78 is 5.54. The van der Waals surface area contributed by atoms with Crippen LogP contribution in [0.5, 0.6) is 5.75 Å². The van der Waals surface area contributed by atoms with E-state index in [4.69, 9.17) is 4.74 Å². The molecule has 8 nitrogen and oxygen atoms in total. The molecule has 0 heterocycles. The lowest BCUT2D eigenvalue weighted by Gasteiger charge is -2.35. The van der Waals surface area contributed by atoms with Gasteiger partial charge in [-0.2, -0.15) is 0 Å². The molecule has 0 spiro atoms. The summed E-state index contributed by atoms with van der Waals surface area (Å²) in [6, 6.07) is 19.6. The van der Waals surface area contributed by atoms with Crippen molar-refractivity contribution in [3.05, 3.63) is 95.1 Å². The monoisotopic (exact) mass is 615 g/mol. The van der Waals surface area contributed by atoms with Gasteiger partial charge in [-0.15, -0.1) is 0 Å². The molecule has 2 unspecified atom stereocenters. The van der Waals surface area contributed by atoms with Crippen LogP contribution in [0.15, 0.2) is 72.8 Å². The Morgan fingerprint density at radius 2 is 1.51 bits per heavy atom. The van der Waals surface area contributed by atoms with E-state index in [-0.39, 0.29) is 18.7 Å². The molecule has 3 aromatic rings. The molecule has 8 heteroatoms. The molecule has 0 radical (unpaired) electrons. The van der Waals surface area contributed by atoms with Crippen molar-refractivity contribution in [1.82, 2.24) is 10.2 Å². The Hall–Kier alpha value is -4.33. The van der Waals surface area contributed by atoms with Gasteiger partial charge in [0.25, 0.3) is 5.91 Å². The molecule has 0 fully saturated rings. The molecule has 0 aliphatic heterocycles. The predicted octanol–water partition coefficient (Wildman–Crippen LogP) is 7.62. The van der Waals surface area contributed by atoms with Gasteiger partial charge in [-0.05, 0) is 75.4 Å². The Balaban J connectivity index is 2.08. The van der Waals surface area contributed by atoms with E-state index in [1.165, 1.54) is 12.1 Å². The molecule has 3 rings (SSSR count). The Kier molecular flexibility index (Phi) is 13.0. The van der Waals surface area contributed by atoms with E-state index < -0.39 is 35.6 Å². The van der Waals surface area contributed by atoms with E-state index >= 15 is 0 Å². The highest BCUT2D eigenvalue weighted by Crippen LogP contribution is 2.29. The number of carbonyl (C=O) groups is 3. The SMILES string of the molecule is CCCCCCCN(C(=O)C(Cc1ccccc1)NC(=O)OC(C)(C)C)C(C(=O)Nc1c(C)cccc1C)c1cccc(O)c1. The van der Waals surface area contributed by atoms with Gasteiger partial charge in [-0.25, -0.2) is 4.79 Å². The molecule has 242 valence electrons. The molecule has 45 heavy (non-hydrogen) atoms. The largest absolute Gasteiger partial charge is 0.508 e. The van der Waals surface area contributed by atoms with Crippen LogP contribution < -0.4 is 10.6 Å². The third-order valence-corrected chi connectivity index (χ3v) is 7.53. The Labute approximate surface area is 268 Å². The zero-order valence-corrected chi connectivity index (χ0v) is 27.6. The zero-order valence-electron chi connectivity index (χ0n) is 27.6. The first-order valence-corrected chi connectivity index (χ1v) is 15.9. The number of aromatic hydroxyl groups is 1. The number of hydrogen-bond acceptors (Lipinski definition) is 5. The average molecular weight is 616 g/mol. The van der Waals surface area contributed by atoms with Gasteiger partial charge in [0.05, 0.1) is 0 Å². The number of aryl methyl sites for hydroxylation is 2. The quantitative estimate of drug-likeness (QED) is 0.162. The van der Waals surface area contributed by atoms with Gasteiger partial charge in [0, 0.05) is 18.7 Å². The zero-order chi connectivity index (χ0) is 33.0. The fourth-order valence-electron chi connectivity index (χ4n) is 5.32. The van der Waals surface area contributed by atoms with Crippen molar-refractivity contribution in [3.8, 4) is 5.75 Å². The van der Waals surface area contributed by atoms with Crippen LogP contribution in [0.25, 0.3) is 0 Å². The van der Waals surface area contributed by atoms with Gasteiger partial charge >= 0.3 is 6.09 Å². The minimum Gasteiger partial charge on any atom is -0.508 e. The normalized spacial score (nSPS) is 12.6. The van der Waals surface area contributed by atoms with E-state index in [9.17, 15) is 19.5 Å². The van der Waals surface area contributed by atoms with Crippen LogP contribution >= 0.6 is 0 Å². The van der Waals surface area contributed by atoms with Crippen LogP contribution in [-0.4, -0.2) is 46.1 Å². The molecule has 0 aromatic heterocycles. The number of alkyl carbamates (subject to hydrolysis) is 1. The van der Waals surface area contributed by atoms with Crippen LogP contribution in [0, 0.1) is 13.8 Å². The standard InChI is InChI=1S/C37H49N3O5/c1-7-8-9-10-14-23-40(35(43)31(24-28-19-12-11-13-20-28)38-36(44)45-37(4,5)6)33(29-21-16-22-30(41)25-29)34(42)39-32-26(2)17-15-18-27(32)3/h11-13,15-22,25,31,33,41H,7-10,14,23-24H2,1-6H3,(H,38,44)(H,39,42). The first-order valence-electron chi connectivity index (χ1n) is 15.9. The molecule has 2 atom stereocenters. The van der Waals surface area contributed by atoms with E-state index in [1.54, 1.807) is 37.8 Å². The maximum atomic E-state index is 14.7. The van der Waals surface area contributed by atoms with Crippen molar-refractivity contribution in [1.29, 1.82) is 0 Å². The summed E-state index contributed by atoms with van der Waals surface area (Å²) in [4.78, 5) is 43.6. The summed E-state index contributed by atoms with van der Waals surface area (Å²) >= 11 is 0. The van der Waals surface area contributed by atoms with E-state index in [1.807, 2.05) is 62.4 Å². The Morgan fingerprint density at radius 1 is 0.867 bits per heavy atom. The number of nitrogens with zero attached hydrogens (tertiary/aromatic N) is 1. The minimum absolute atomic E-state index is 0.0135.